The lowest BCUT2D eigenvalue weighted by atomic mass is 9.93. The van der Waals surface area contributed by atoms with Crippen LogP contribution in [0.5, 0.6) is 0 Å². The van der Waals surface area contributed by atoms with Crippen LogP contribution in [0.1, 0.15) is 31.2 Å². The topological polar surface area (TPSA) is 79.2 Å². The highest BCUT2D eigenvalue weighted by Gasteiger charge is 2.24. The number of nitrogens with zero attached hydrogens (tertiary/aromatic N) is 2. The molecule has 1 aliphatic carbocycles. The molecule has 2 atom stereocenters. The molecule has 6 nitrogen and oxygen atoms in total. The van der Waals surface area contributed by atoms with Gasteiger partial charge in [0.25, 0.3) is 0 Å². The molecule has 1 aliphatic rings. The molecule has 1 saturated carbocycles. The molecule has 0 radical (unpaired) electrons. The Bertz CT molecular complexity index is 698. The maximum Gasteiger partial charge on any atom is 0.315 e. The van der Waals surface area contributed by atoms with Gasteiger partial charge in [-0.2, -0.15) is 5.10 Å². The van der Waals surface area contributed by atoms with Crippen LogP contribution in [0.2, 0.25) is 0 Å². The quantitative estimate of drug-likeness (QED) is 0.805. The Morgan fingerprint density at radius 2 is 2.17 bits per heavy atom. The SMILES string of the molecule is Cn1cc(-c2cccc(CNC(=O)NC3CCCCC3O)c2)cn1. The fourth-order valence-electron chi connectivity index (χ4n) is 3.11. The summed E-state index contributed by atoms with van der Waals surface area (Å²) in [5, 5.41) is 19.8. The molecule has 6 heteroatoms. The number of aliphatic hydroxyl groups excluding tert-OH is 1. The lowest BCUT2D eigenvalue weighted by Crippen LogP contribution is -2.48. The van der Waals surface area contributed by atoms with Crippen molar-refractivity contribution in [3.8, 4) is 11.1 Å². The molecule has 1 fully saturated rings. The number of aliphatic hydroxyl groups is 1. The highest BCUT2D eigenvalue weighted by molar-refractivity contribution is 5.74. The van der Waals surface area contributed by atoms with Gasteiger partial charge in [-0.05, 0) is 30.0 Å². The van der Waals surface area contributed by atoms with Gasteiger partial charge in [-0.1, -0.05) is 31.0 Å². The van der Waals surface area contributed by atoms with Crippen LogP contribution >= 0.6 is 0 Å². The first-order valence-corrected chi connectivity index (χ1v) is 8.42. The number of benzene rings is 1. The normalized spacial score (nSPS) is 20.6. The molecule has 24 heavy (non-hydrogen) atoms. The molecule has 1 heterocycles. The summed E-state index contributed by atoms with van der Waals surface area (Å²) in [6.07, 6.45) is 7.03. The Kier molecular flexibility index (Phi) is 5.15. The molecule has 0 bridgehead atoms. The van der Waals surface area contributed by atoms with Gasteiger partial charge >= 0.3 is 6.03 Å². The summed E-state index contributed by atoms with van der Waals surface area (Å²) in [6.45, 7) is 0.447. The molecule has 3 N–H and O–H groups in total. The number of aryl methyl sites for hydroxylation is 1. The molecule has 0 aliphatic heterocycles. The fraction of sp³-hybridized carbons (Fsp3) is 0.444. The summed E-state index contributed by atoms with van der Waals surface area (Å²) in [7, 11) is 1.89. The standard InChI is InChI=1S/C18H24N4O2/c1-22-12-15(11-20-22)14-6-4-5-13(9-14)10-19-18(24)21-16-7-2-3-8-17(16)23/h4-6,9,11-12,16-17,23H,2-3,7-8,10H2,1H3,(H2,19,21,24). The predicted molar refractivity (Wildman–Crippen MR) is 92.3 cm³/mol. The second-order valence-corrected chi connectivity index (χ2v) is 6.39. The largest absolute Gasteiger partial charge is 0.391 e. The zero-order valence-electron chi connectivity index (χ0n) is 13.9. The van der Waals surface area contributed by atoms with Crippen LogP contribution in [0, 0.1) is 0 Å². The van der Waals surface area contributed by atoms with E-state index in [-0.39, 0.29) is 12.1 Å². The smallest absolute Gasteiger partial charge is 0.315 e. The molecule has 1 aromatic carbocycles. The minimum Gasteiger partial charge on any atom is -0.391 e. The van der Waals surface area contributed by atoms with E-state index in [4.69, 9.17) is 0 Å². The van der Waals surface area contributed by atoms with Gasteiger partial charge in [0.05, 0.1) is 18.3 Å². The number of carbonyl (C=O) groups is 1. The first-order chi connectivity index (χ1) is 11.6. The lowest BCUT2D eigenvalue weighted by Gasteiger charge is -2.28. The molecule has 2 unspecified atom stereocenters. The van der Waals surface area contributed by atoms with E-state index in [0.29, 0.717) is 6.54 Å². The van der Waals surface area contributed by atoms with Gasteiger partial charge in [0.1, 0.15) is 0 Å². The Balaban J connectivity index is 1.55. The summed E-state index contributed by atoms with van der Waals surface area (Å²) in [5.41, 5.74) is 3.15. The van der Waals surface area contributed by atoms with Crippen molar-refractivity contribution in [3.63, 3.8) is 0 Å². The van der Waals surface area contributed by atoms with Crippen LogP contribution in [0.25, 0.3) is 11.1 Å². The van der Waals surface area contributed by atoms with Crippen molar-refractivity contribution in [1.29, 1.82) is 0 Å². The van der Waals surface area contributed by atoms with Crippen molar-refractivity contribution in [2.45, 2.75) is 44.4 Å². The van der Waals surface area contributed by atoms with Gasteiger partial charge in [-0.15, -0.1) is 0 Å². The number of urea groups is 1. The van der Waals surface area contributed by atoms with E-state index in [2.05, 4.69) is 15.7 Å². The molecule has 128 valence electrons. The Morgan fingerprint density at radius 1 is 1.33 bits per heavy atom. The summed E-state index contributed by atoms with van der Waals surface area (Å²) < 4.78 is 1.77. The number of amides is 2. The molecule has 2 aromatic rings. The van der Waals surface area contributed by atoms with Crippen LogP contribution in [-0.2, 0) is 13.6 Å². The Labute approximate surface area is 141 Å². The average Bonchev–Trinajstić information content (AvgIpc) is 3.02. The molecule has 1 aromatic heterocycles. The first kappa shape index (κ1) is 16.5. The van der Waals surface area contributed by atoms with E-state index in [0.717, 1.165) is 42.4 Å². The monoisotopic (exact) mass is 328 g/mol. The predicted octanol–water partition coefficient (Wildman–Crippen LogP) is 2.19. The van der Waals surface area contributed by atoms with Gasteiger partial charge in [-0.3, -0.25) is 4.68 Å². The fourth-order valence-corrected chi connectivity index (χ4v) is 3.11. The summed E-state index contributed by atoms with van der Waals surface area (Å²) >= 11 is 0. The van der Waals surface area contributed by atoms with E-state index in [1.54, 1.807) is 4.68 Å². The van der Waals surface area contributed by atoms with Crippen molar-refractivity contribution < 1.29 is 9.90 Å². The minimum atomic E-state index is -0.432. The molecule has 0 saturated heterocycles. The zero-order chi connectivity index (χ0) is 16.9. The molecular weight excluding hydrogens is 304 g/mol. The molecule has 2 amide bonds. The summed E-state index contributed by atoms with van der Waals surface area (Å²) in [4.78, 5) is 12.0. The molecular formula is C18H24N4O2. The van der Waals surface area contributed by atoms with Crippen LogP contribution in [0.4, 0.5) is 4.79 Å². The molecule has 3 rings (SSSR count). The van der Waals surface area contributed by atoms with Crippen molar-refractivity contribution in [1.82, 2.24) is 20.4 Å². The van der Waals surface area contributed by atoms with Crippen LogP contribution < -0.4 is 10.6 Å². The van der Waals surface area contributed by atoms with Gasteiger partial charge < -0.3 is 15.7 Å². The van der Waals surface area contributed by atoms with Crippen molar-refractivity contribution in [2.24, 2.45) is 7.05 Å². The highest BCUT2D eigenvalue weighted by atomic mass is 16.3. The third-order valence-electron chi connectivity index (χ3n) is 4.46. The highest BCUT2D eigenvalue weighted by Crippen LogP contribution is 2.20. The average molecular weight is 328 g/mol. The maximum atomic E-state index is 12.0. The molecule has 0 spiro atoms. The number of carbonyl (C=O) groups excluding carboxylic acids is 1. The van der Waals surface area contributed by atoms with E-state index in [1.807, 2.05) is 43.7 Å². The van der Waals surface area contributed by atoms with E-state index in [1.165, 1.54) is 0 Å². The first-order valence-electron chi connectivity index (χ1n) is 8.42. The van der Waals surface area contributed by atoms with Crippen molar-refractivity contribution in [2.75, 3.05) is 0 Å². The Hall–Kier alpha value is -2.34. The number of nitrogens with one attached hydrogen (secondary N) is 2. The third kappa shape index (κ3) is 4.14. The van der Waals surface area contributed by atoms with E-state index >= 15 is 0 Å². The lowest BCUT2D eigenvalue weighted by molar-refractivity contribution is 0.0943. The van der Waals surface area contributed by atoms with Crippen LogP contribution in [-0.4, -0.2) is 33.1 Å². The maximum absolute atomic E-state index is 12.0. The summed E-state index contributed by atoms with van der Waals surface area (Å²) in [6, 6.07) is 7.66. The van der Waals surface area contributed by atoms with Crippen LogP contribution in [0.3, 0.4) is 0 Å². The van der Waals surface area contributed by atoms with Gasteiger partial charge in [0, 0.05) is 25.4 Å². The van der Waals surface area contributed by atoms with Gasteiger partial charge in [0.15, 0.2) is 0 Å². The van der Waals surface area contributed by atoms with E-state index < -0.39 is 6.10 Å². The van der Waals surface area contributed by atoms with Crippen LogP contribution in [0.15, 0.2) is 36.7 Å². The number of hydrogen-bond acceptors (Lipinski definition) is 3. The number of rotatable bonds is 4. The second-order valence-electron chi connectivity index (χ2n) is 6.39. The number of aromatic nitrogens is 2. The second kappa shape index (κ2) is 7.49. The van der Waals surface area contributed by atoms with Crippen molar-refractivity contribution >= 4 is 6.03 Å². The minimum absolute atomic E-state index is 0.138. The zero-order valence-corrected chi connectivity index (χ0v) is 13.9. The van der Waals surface area contributed by atoms with Gasteiger partial charge in [0.2, 0.25) is 0 Å². The third-order valence-corrected chi connectivity index (χ3v) is 4.46. The van der Waals surface area contributed by atoms with Crippen molar-refractivity contribution in [3.05, 3.63) is 42.2 Å². The van der Waals surface area contributed by atoms with Gasteiger partial charge in [-0.25, -0.2) is 4.79 Å². The Morgan fingerprint density at radius 3 is 2.92 bits per heavy atom. The summed E-state index contributed by atoms with van der Waals surface area (Å²) in [5.74, 6) is 0. The number of hydrogen-bond donors (Lipinski definition) is 3. The van der Waals surface area contributed by atoms with E-state index in [9.17, 15) is 9.90 Å².